The molecule has 0 radical (unpaired) electrons. The predicted octanol–water partition coefficient (Wildman–Crippen LogP) is 2.83. The molecule has 82 valence electrons. The number of carboxylic acid groups (broad SMARTS) is 1. The first-order chi connectivity index (χ1) is 7.70. The Bertz CT molecular complexity index is 540. The van der Waals surface area contributed by atoms with E-state index in [0.717, 1.165) is 22.0 Å². The van der Waals surface area contributed by atoms with E-state index in [0.29, 0.717) is 6.42 Å². The van der Waals surface area contributed by atoms with Crippen LogP contribution in [-0.2, 0) is 11.2 Å². The molecule has 0 amide bonds. The Morgan fingerprint density at radius 3 is 3.00 bits per heavy atom. The topological polar surface area (TPSA) is 53.1 Å². The van der Waals surface area contributed by atoms with Crippen molar-refractivity contribution in [2.45, 2.75) is 12.8 Å². The van der Waals surface area contributed by atoms with Crippen LogP contribution in [0.25, 0.3) is 17.0 Å². The van der Waals surface area contributed by atoms with Crippen LogP contribution in [0.4, 0.5) is 0 Å². The molecule has 0 fully saturated rings. The van der Waals surface area contributed by atoms with Crippen molar-refractivity contribution in [2.24, 2.45) is 0 Å². The minimum Gasteiger partial charge on any atom is -0.481 e. The van der Waals surface area contributed by atoms with E-state index in [9.17, 15) is 4.79 Å². The van der Waals surface area contributed by atoms with Gasteiger partial charge in [0.1, 0.15) is 0 Å². The molecule has 1 heterocycles. The number of carboxylic acids is 1. The van der Waals surface area contributed by atoms with E-state index in [1.807, 2.05) is 24.4 Å². The lowest BCUT2D eigenvalue weighted by molar-refractivity contribution is -0.136. The van der Waals surface area contributed by atoms with Crippen LogP contribution in [-0.4, -0.2) is 16.1 Å². The lowest BCUT2D eigenvalue weighted by Gasteiger charge is -1.97. The fraction of sp³-hybridized carbons (Fsp3) is 0.154. The second-order valence-electron chi connectivity index (χ2n) is 3.72. The maximum Gasteiger partial charge on any atom is 0.303 e. The Kier molecular flexibility index (Phi) is 2.77. The number of hydrogen-bond donors (Lipinski definition) is 2. The van der Waals surface area contributed by atoms with Crippen LogP contribution in [0.15, 0.2) is 31.0 Å². The highest BCUT2D eigenvalue weighted by Crippen LogP contribution is 2.21. The number of H-pyrrole nitrogens is 1. The summed E-state index contributed by atoms with van der Waals surface area (Å²) in [7, 11) is 0. The van der Waals surface area contributed by atoms with Crippen LogP contribution in [0.3, 0.4) is 0 Å². The number of nitrogens with one attached hydrogen (secondary N) is 1. The lowest BCUT2D eigenvalue weighted by atomic mass is 10.1. The number of aryl methyl sites for hydroxylation is 1. The quantitative estimate of drug-likeness (QED) is 0.823. The maximum absolute atomic E-state index is 10.5. The second kappa shape index (κ2) is 4.23. The van der Waals surface area contributed by atoms with Crippen molar-refractivity contribution < 1.29 is 9.90 Å². The van der Waals surface area contributed by atoms with E-state index in [4.69, 9.17) is 5.11 Å². The van der Waals surface area contributed by atoms with Crippen molar-refractivity contribution in [1.82, 2.24) is 4.98 Å². The van der Waals surface area contributed by atoms with Gasteiger partial charge in [0, 0.05) is 23.5 Å². The van der Waals surface area contributed by atoms with Gasteiger partial charge in [-0.1, -0.05) is 24.8 Å². The van der Waals surface area contributed by atoms with Crippen LogP contribution in [0.1, 0.15) is 17.5 Å². The lowest BCUT2D eigenvalue weighted by Crippen LogP contribution is -1.96. The van der Waals surface area contributed by atoms with Gasteiger partial charge < -0.3 is 10.1 Å². The van der Waals surface area contributed by atoms with Crippen LogP contribution in [0.5, 0.6) is 0 Å². The Labute approximate surface area is 93.4 Å². The average molecular weight is 215 g/mol. The molecule has 3 nitrogen and oxygen atoms in total. The summed E-state index contributed by atoms with van der Waals surface area (Å²) in [6.07, 6.45) is 4.39. The van der Waals surface area contributed by atoms with Crippen LogP contribution in [0, 0.1) is 0 Å². The zero-order valence-electron chi connectivity index (χ0n) is 8.86. The summed E-state index contributed by atoms with van der Waals surface area (Å²) in [5.41, 5.74) is 3.13. The highest BCUT2D eigenvalue weighted by Gasteiger charge is 2.05. The third kappa shape index (κ3) is 1.98. The van der Waals surface area contributed by atoms with Crippen molar-refractivity contribution in [3.8, 4) is 0 Å². The fourth-order valence-corrected chi connectivity index (χ4v) is 1.78. The number of aromatic amines is 1. The van der Waals surface area contributed by atoms with E-state index in [2.05, 4.69) is 11.6 Å². The third-order valence-electron chi connectivity index (χ3n) is 2.64. The van der Waals surface area contributed by atoms with Crippen LogP contribution >= 0.6 is 0 Å². The zero-order valence-corrected chi connectivity index (χ0v) is 8.86. The molecule has 0 aliphatic heterocycles. The Morgan fingerprint density at radius 2 is 2.31 bits per heavy atom. The van der Waals surface area contributed by atoms with E-state index < -0.39 is 5.97 Å². The van der Waals surface area contributed by atoms with Gasteiger partial charge in [-0.2, -0.15) is 0 Å². The van der Waals surface area contributed by atoms with Crippen molar-refractivity contribution in [3.05, 3.63) is 42.1 Å². The van der Waals surface area contributed by atoms with Crippen LogP contribution < -0.4 is 0 Å². The zero-order chi connectivity index (χ0) is 11.5. The molecule has 0 aliphatic rings. The summed E-state index contributed by atoms with van der Waals surface area (Å²) in [6.45, 7) is 3.71. The number of fused-ring (bicyclic) bond motifs is 1. The van der Waals surface area contributed by atoms with Gasteiger partial charge in [-0.15, -0.1) is 0 Å². The molecule has 1 aromatic heterocycles. The van der Waals surface area contributed by atoms with Crippen LogP contribution in [0.2, 0.25) is 0 Å². The molecule has 0 atom stereocenters. The van der Waals surface area contributed by atoms with E-state index in [-0.39, 0.29) is 6.42 Å². The van der Waals surface area contributed by atoms with Crippen molar-refractivity contribution in [3.63, 3.8) is 0 Å². The number of aliphatic carboxylic acids is 1. The van der Waals surface area contributed by atoms with Gasteiger partial charge in [0.05, 0.1) is 0 Å². The molecular weight excluding hydrogens is 202 g/mol. The number of rotatable bonds is 4. The average Bonchev–Trinajstić information content (AvgIpc) is 2.68. The van der Waals surface area contributed by atoms with E-state index >= 15 is 0 Å². The first kappa shape index (κ1) is 10.5. The summed E-state index contributed by atoms with van der Waals surface area (Å²) in [6, 6.07) is 5.99. The van der Waals surface area contributed by atoms with Gasteiger partial charge in [-0.05, 0) is 23.6 Å². The van der Waals surface area contributed by atoms with E-state index in [1.165, 1.54) is 0 Å². The van der Waals surface area contributed by atoms with Gasteiger partial charge in [0.25, 0.3) is 0 Å². The fourth-order valence-electron chi connectivity index (χ4n) is 1.78. The molecule has 3 heteroatoms. The molecule has 0 unspecified atom stereocenters. The van der Waals surface area contributed by atoms with Gasteiger partial charge in [0.2, 0.25) is 0 Å². The first-order valence-electron chi connectivity index (χ1n) is 5.15. The SMILES string of the molecule is C=Cc1ccc2c(CCC(=O)O)c[nH]c2c1. The standard InChI is InChI=1S/C13H13NO2/c1-2-9-3-5-11-10(4-6-13(15)16)8-14-12(11)7-9/h2-3,5,7-8,14H,1,4,6H2,(H,15,16). The molecule has 0 saturated carbocycles. The number of hydrogen-bond acceptors (Lipinski definition) is 1. The molecule has 1 aromatic carbocycles. The smallest absolute Gasteiger partial charge is 0.303 e. The molecule has 16 heavy (non-hydrogen) atoms. The van der Waals surface area contributed by atoms with Gasteiger partial charge in [-0.3, -0.25) is 4.79 Å². The number of aromatic nitrogens is 1. The molecule has 0 aliphatic carbocycles. The predicted molar refractivity (Wildman–Crippen MR) is 64.3 cm³/mol. The molecule has 2 N–H and O–H groups in total. The van der Waals surface area contributed by atoms with Crippen molar-refractivity contribution in [1.29, 1.82) is 0 Å². The third-order valence-corrected chi connectivity index (χ3v) is 2.64. The number of benzene rings is 1. The Hall–Kier alpha value is -2.03. The van der Waals surface area contributed by atoms with E-state index in [1.54, 1.807) is 6.08 Å². The van der Waals surface area contributed by atoms with Gasteiger partial charge in [-0.25, -0.2) is 0 Å². The monoisotopic (exact) mass is 215 g/mol. The molecule has 0 spiro atoms. The Balaban J connectivity index is 2.34. The van der Waals surface area contributed by atoms with Crippen molar-refractivity contribution >= 4 is 22.9 Å². The van der Waals surface area contributed by atoms with Crippen molar-refractivity contribution in [2.75, 3.05) is 0 Å². The number of carbonyl (C=O) groups is 1. The summed E-state index contributed by atoms with van der Waals surface area (Å²) < 4.78 is 0. The summed E-state index contributed by atoms with van der Waals surface area (Å²) >= 11 is 0. The first-order valence-corrected chi connectivity index (χ1v) is 5.15. The summed E-state index contributed by atoms with van der Waals surface area (Å²) in [5.74, 6) is -0.767. The maximum atomic E-state index is 10.5. The summed E-state index contributed by atoms with van der Waals surface area (Å²) in [5, 5.41) is 9.73. The minimum atomic E-state index is -0.767. The molecule has 2 aromatic rings. The molecular formula is C13H13NO2. The second-order valence-corrected chi connectivity index (χ2v) is 3.72. The molecule has 2 rings (SSSR count). The largest absolute Gasteiger partial charge is 0.481 e. The normalized spacial score (nSPS) is 10.5. The molecule has 0 saturated heterocycles. The van der Waals surface area contributed by atoms with Gasteiger partial charge >= 0.3 is 5.97 Å². The molecule has 0 bridgehead atoms. The highest BCUT2D eigenvalue weighted by atomic mass is 16.4. The Morgan fingerprint density at radius 1 is 1.50 bits per heavy atom. The summed E-state index contributed by atoms with van der Waals surface area (Å²) in [4.78, 5) is 13.7. The highest BCUT2D eigenvalue weighted by molar-refractivity contribution is 5.85. The van der Waals surface area contributed by atoms with Gasteiger partial charge in [0.15, 0.2) is 0 Å². The minimum absolute atomic E-state index is 0.163.